The number of rotatable bonds is 1. The number of imide groups is 2. The highest BCUT2D eigenvalue weighted by molar-refractivity contribution is 6.20. The Balaban J connectivity index is 1.92. The predicted octanol–water partition coefficient (Wildman–Crippen LogP) is 0.929. The maximum absolute atomic E-state index is 14.7. The van der Waals surface area contributed by atoms with E-state index in [0.717, 1.165) is 22.9 Å². The third-order valence-electron chi connectivity index (χ3n) is 6.25. The van der Waals surface area contributed by atoms with E-state index in [4.69, 9.17) is 0 Å². The first-order valence-corrected chi connectivity index (χ1v) is 9.19. The molecule has 4 amide bonds. The van der Waals surface area contributed by atoms with Crippen LogP contribution in [0.1, 0.15) is 12.5 Å². The lowest BCUT2D eigenvalue weighted by molar-refractivity contribution is -0.160. The molecule has 144 valence electrons. The van der Waals surface area contributed by atoms with Crippen molar-refractivity contribution in [2.24, 2.45) is 5.41 Å². The topological polar surface area (TPSA) is 64.2 Å². The average Bonchev–Trinajstić information content (AvgIpc) is 2.68. The van der Waals surface area contributed by atoms with Crippen molar-refractivity contribution in [3.05, 3.63) is 29.6 Å². The Kier molecular flexibility index (Phi) is 3.99. The number of barbiturate groups is 1. The van der Waals surface area contributed by atoms with Crippen molar-refractivity contribution in [3.63, 3.8) is 0 Å². The van der Waals surface area contributed by atoms with Crippen LogP contribution in [-0.2, 0) is 16.0 Å². The summed E-state index contributed by atoms with van der Waals surface area (Å²) >= 11 is 0. The summed E-state index contributed by atoms with van der Waals surface area (Å²) in [5, 5.41) is 0. The highest BCUT2D eigenvalue weighted by atomic mass is 19.1. The Morgan fingerprint density at radius 1 is 1.11 bits per heavy atom. The molecule has 1 spiro atoms. The molecule has 27 heavy (non-hydrogen) atoms. The lowest BCUT2D eigenvalue weighted by Crippen LogP contribution is -2.74. The molecule has 0 radical (unpaired) electrons. The number of nitrogens with zero attached hydrogens (tertiary/aromatic N) is 4. The summed E-state index contributed by atoms with van der Waals surface area (Å²) in [5.74, 6) is -1.34. The van der Waals surface area contributed by atoms with Gasteiger partial charge in [-0.25, -0.2) is 9.18 Å². The second-order valence-corrected chi connectivity index (χ2v) is 7.51. The van der Waals surface area contributed by atoms with E-state index in [0.29, 0.717) is 24.3 Å². The van der Waals surface area contributed by atoms with Crippen LogP contribution < -0.4 is 4.90 Å². The van der Waals surface area contributed by atoms with Gasteiger partial charge in [0.1, 0.15) is 5.82 Å². The number of likely N-dealkylation sites (N-methyl/N-ethyl adjacent to an activating group) is 1. The molecule has 0 unspecified atom stereocenters. The molecule has 1 aromatic carbocycles. The van der Waals surface area contributed by atoms with Crippen LogP contribution in [0.25, 0.3) is 0 Å². The minimum atomic E-state index is -1.42. The summed E-state index contributed by atoms with van der Waals surface area (Å²) in [4.78, 5) is 45.0. The number of hydrogen-bond donors (Lipinski definition) is 0. The third-order valence-corrected chi connectivity index (χ3v) is 6.25. The predicted molar refractivity (Wildman–Crippen MR) is 96.7 cm³/mol. The monoisotopic (exact) mass is 374 g/mol. The van der Waals surface area contributed by atoms with Crippen LogP contribution in [0.2, 0.25) is 0 Å². The lowest BCUT2D eigenvalue weighted by Gasteiger charge is -2.56. The molecule has 0 aromatic heterocycles. The van der Waals surface area contributed by atoms with Gasteiger partial charge >= 0.3 is 6.03 Å². The normalized spacial score (nSPS) is 25.1. The van der Waals surface area contributed by atoms with E-state index in [9.17, 15) is 18.8 Å². The van der Waals surface area contributed by atoms with Gasteiger partial charge < -0.3 is 4.90 Å². The number of urea groups is 1. The number of para-hydroxylation sites is 1. The Labute approximate surface area is 157 Å². The number of fused-ring (bicyclic) bond motifs is 4. The summed E-state index contributed by atoms with van der Waals surface area (Å²) in [6.07, 6.45) is 0.0957. The fourth-order valence-corrected chi connectivity index (χ4v) is 4.78. The van der Waals surface area contributed by atoms with Crippen LogP contribution in [0.3, 0.4) is 0 Å². The standard InChI is InChI=1S/C19H23FN4O3/c1-4-23-8-9-24-14(11-23)19(10-12-6-5-7-13(20)15(12)24)16(25)21(2)18(27)22(3)17(19)26/h5-7,14H,4,8-11H2,1-3H3/t14-/m0/s1. The summed E-state index contributed by atoms with van der Waals surface area (Å²) < 4.78 is 14.7. The van der Waals surface area contributed by atoms with Gasteiger partial charge in [0.2, 0.25) is 11.8 Å². The number of halogens is 1. The zero-order chi connectivity index (χ0) is 19.5. The van der Waals surface area contributed by atoms with Crippen molar-refractivity contribution in [1.29, 1.82) is 0 Å². The van der Waals surface area contributed by atoms with Crippen molar-refractivity contribution < 1.29 is 18.8 Å². The number of carbonyl (C=O) groups is 3. The maximum Gasteiger partial charge on any atom is 0.332 e. The number of hydrogen-bond acceptors (Lipinski definition) is 5. The van der Waals surface area contributed by atoms with Crippen molar-refractivity contribution >= 4 is 23.5 Å². The Morgan fingerprint density at radius 3 is 2.41 bits per heavy atom. The Hall–Kier alpha value is -2.48. The maximum atomic E-state index is 14.7. The molecule has 4 rings (SSSR count). The molecule has 3 aliphatic rings. The molecule has 8 heteroatoms. The van der Waals surface area contributed by atoms with Crippen LogP contribution in [-0.4, -0.2) is 78.9 Å². The molecule has 0 bridgehead atoms. The van der Waals surface area contributed by atoms with Gasteiger partial charge in [0.25, 0.3) is 0 Å². The molecule has 0 saturated carbocycles. The van der Waals surface area contributed by atoms with Gasteiger partial charge in [-0.3, -0.25) is 24.3 Å². The van der Waals surface area contributed by atoms with E-state index in [1.807, 2.05) is 11.8 Å². The molecule has 7 nitrogen and oxygen atoms in total. The molecule has 2 fully saturated rings. The van der Waals surface area contributed by atoms with E-state index in [1.54, 1.807) is 12.1 Å². The molecule has 2 saturated heterocycles. The second-order valence-electron chi connectivity index (χ2n) is 7.51. The highest BCUT2D eigenvalue weighted by Crippen LogP contribution is 2.47. The summed E-state index contributed by atoms with van der Waals surface area (Å²) in [6.45, 7) is 4.51. The van der Waals surface area contributed by atoms with Crippen LogP contribution in [0.15, 0.2) is 18.2 Å². The van der Waals surface area contributed by atoms with Gasteiger partial charge in [-0.2, -0.15) is 0 Å². The first-order valence-electron chi connectivity index (χ1n) is 9.19. The van der Waals surface area contributed by atoms with E-state index in [1.165, 1.54) is 20.2 Å². The van der Waals surface area contributed by atoms with Crippen molar-refractivity contribution in [3.8, 4) is 0 Å². The van der Waals surface area contributed by atoms with Crippen LogP contribution >= 0.6 is 0 Å². The number of carbonyl (C=O) groups excluding carboxylic acids is 3. The smallest absolute Gasteiger partial charge is 0.332 e. The molecule has 3 heterocycles. The van der Waals surface area contributed by atoms with E-state index in [-0.39, 0.29) is 12.2 Å². The molecular weight excluding hydrogens is 351 g/mol. The largest absolute Gasteiger partial charge is 0.362 e. The average molecular weight is 374 g/mol. The lowest BCUT2D eigenvalue weighted by atomic mass is 9.67. The van der Waals surface area contributed by atoms with Gasteiger partial charge in [-0.1, -0.05) is 19.1 Å². The SMILES string of the molecule is CCN1CCN2c3c(F)cccc3CC3(C(=O)N(C)C(=O)N(C)C3=O)[C@@H]2C1. The Bertz CT molecular complexity index is 818. The van der Waals surface area contributed by atoms with E-state index < -0.39 is 29.3 Å². The molecule has 3 aliphatic heterocycles. The Morgan fingerprint density at radius 2 is 1.78 bits per heavy atom. The van der Waals surface area contributed by atoms with Crippen LogP contribution in [0.5, 0.6) is 0 Å². The first kappa shape index (κ1) is 17.9. The number of benzene rings is 1. The molecular formula is C19H23FN4O3. The summed E-state index contributed by atoms with van der Waals surface area (Å²) in [7, 11) is 2.81. The molecule has 0 N–H and O–H groups in total. The molecule has 1 atom stereocenters. The highest BCUT2D eigenvalue weighted by Gasteiger charge is 2.64. The summed E-state index contributed by atoms with van der Waals surface area (Å²) in [5.41, 5.74) is -0.313. The first-order chi connectivity index (χ1) is 12.8. The van der Waals surface area contributed by atoms with Crippen molar-refractivity contribution in [2.75, 3.05) is 45.2 Å². The van der Waals surface area contributed by atoms with Gasteiger partial charge in [-0.05, 0) is 24.6 Å². The van der Waals surface area contributed by atoms with E-state index >= 15 is 0 Å². The van der Waals surface area contributed by atoms with Gasteiger partial charge in [0.05, 0.1) is 11.7 Å². The fourth-order valence-electron chi connectivity index (χ4n) is 4.78. The van der Waals surface area contributed by atoms with Gasteiger partial charge in [0.15, 0.2) is 5.41 Å². The van der Waals surface area contributed by atoms with Crippen LogP contribution in [0.4, 0.5) is 14.9 Å². The van der Waals surface area contributed by atoms with Crippen molar-refractivity contribution in [2.45, 2.75) is 19.4 Å². The van der Waals surface area contributed by atoms with Gasteiger partial charge in [0, 0.05) is 33.7 Å². The minimum absolute atomic E-state index is 0.0957. The van der Waals surface area contributed by atoms with Crippen LogP contribution in [0, 0.1) is 11.2 Å². The van der Waals surface area contributed by atoms with E-state index in [2.05, 4.69) is 4.90 Å². The molecule has 1 aromatic rings. The van der Waals surface area contributed by atoms with Crippen molar-refractivity contribution in [1.82, 2.24) is 14.7 Å². The second kappa shape index (κ2) is 6.02. The fraction of sp³-hybridized carbons (Fsp3) is 0.526. The number of amides is 4. The zero-order valence-electron chi connectivity index (χ0n) is 15.7. The third kappa shape index (κ3) is 2.25. The minimum Gasteiger partial charge on any atom is -0.362 e. The quantitative estimate of drug-likeness (QED) is 0.685. The van der Waals surface area contributed by atoms with Gasteiger partial charge in [-0.15, -0.1) is 0 Å². The number of anilines is 1. The molecule has 0 aliphatic carbocycles. The number of piperazine rings is 1. The zero-order valence-corrected chi connectivity index (χ0v) is 15.7. The summed E-state index contributed by atoms with van der Waals surface area (Å²) in [6, 6.07) is 3.62.